The van der Waals surface area contributed by atoms with Gasteiger partial charge in [-0.1, -0.05) is 0 Å². The van der Waals surface area contributed by atoms with Gasteiger partial charge in [-0.05, 0) is 32.3 Å². The van der Waals surface area contributed by atoms with Crippen molar-refractivity contribution in [3.8, 4) is 0 Å². The first-order valence-corrected chi connectivity index (χ1v) is 7.25. The normalized spacial score (nSPS) is 16.2. The van der Waals surface area contributed by atoms with E-state index in [1.54, 1.807) is 0 Å². The van der Waals surface area contributed by atoms with Gasteiger partial charge in [-0.3, -0.25) is 19.3 Å². The van der Waals surface area contributed by atoms with Crippen LogP contribution in [-0.4, -0.2) is 62.5 Å². The number of anilines is 2. The second-order valence-electron chi connectivity index (χ2n) is 5.52. The second-order valence-corrected chi connectivity index (χ2v) is 5.52. The highest BCUT2D eigenvalue weighted by atomic mass is 19.1. The first-order valence-electron chi connectivity index (χ1n) is 7.25. The van der Waals surface area contributed by atoms with E-state index in [1.165, 1.54) is 36.0 Å². The van der Waals surface area contributed by atoms with Crippen LogP contribution in [0.2, 0.25) is 0 Å². The molecule has 0 spiro atoms. The van der Waals surface area contributed by atoms with Gasteiger partial charge >= 0.3 is 0 Å². The van der Waals surface area contributed by atoms with Gasteiger partial charge in [0.2, 0.25) is 5.91 Å². The van der Waals surface area contributed by atoms with E-state index in [-0.39, 0.29) is 18.2 Å². The maximum Gasteiger partial charge on any atom is 0.253 e. The lowest BCUT2D eigenvalue weighted by Crippen LogP contribution is -2.49. The van der Waals surface area contributed by atoms with Crippen LogP contribution in [0.3, 0.4) is 0 Å². The molecule has 3 amide bonds. The fourth-order valence-electron chi connectivity index (χ4n) is 2.38. The van der Waals surface area contributed by atoms with Gasteiger partial charge in [0.05, 0.1) is 12.3 Å². The van der Waals surface area contributed by atoms with Crippen molar-refractivity contribution in [2.24, 2.45) is 5.73 Å². The third-order valence-corrected chi connectivity index (χ3v) is 3.54. The molecule has 8 nitrogen and oxygen atoms in total. The predicted molar refractivity (Wildman–Crippen MR) is 84.9 cm³/mol. The summed E-state index contributed by atoms with van der Waals surface area (Å²) in [4.78, 5) is 37.9. The predicted octanol–water partition coefficient (Wildman–Crippen LogP) is -0.457. The van der Waals surface area contributed by atoms with Crippen LogP contribution in [0.1, 0.15) is 0 Å². The number of nitrogens with two attached hydrogens (primary N) is 1. The summed E-state index contributed by atoms with van der Waals surface area (Å²) < 4.78 is 19.3. The molecular weight excluding hydrogens is 319 g/mol. The van der Waals surface area contributed by atoms with Crippen LogP contribution in [0, 0.1) is 5.82 Å². The highest BCUT2D eigenvalue weighted by molar-refractivity contribution is 6.09. The molecule has 1 fully saturated rings. The lowest BCUT2D eigenvalue weighted by molar-refractivity contribution is -0.131. The molecule has 0 unspecified atom stereocenters. The quantitative estimate of drug-likeness (QED) is 0.707. The average Bonchev–Trinajstić information content (AvgIpc) is 2.49. The summed E-state index contributed by atoms with van der Waals surface area (Å²) in [7, 11) is 3.02. The Morgan fingerprint density at radius 3 is 2.67 bits per heavy atom. The molecule has 0 bridgehead atoms. The van der Waals surface area contributed by atoms with E-state index >= 15 is 0 Å². The second kappa shape index (κ2) is 7.37. The maximum atomic E-state index is 14.2. The van der Waals surface area contributed by atoms with E-state index in [2.05, 4.69) is 5.32 Å². The van der Waals surface area contributed by atoms with Gasteiger partial charge in [0.15, 0.2) is 6.04 Å². The molecule has 9 heteroatoms. The van der Waals surface area contributed by atoms with Crippen molar-refractivity contribution < 1.29 is 23.5 Å². The molecule has 1 atom stereocenters. The minimum Gasteiger partial charge on any atom is -0.370 e. The lowest BCUT2D eigenvalue weighted by Gasteiger charge is -2.27. The third-order valence-electron chi connectivity index (χ3n) is 3.54. The molecule has 1 aliphatic rings. The number of likely N-dealkylation sites (N-methyl/N-ethyl adjacent to an activating group) is 1. The number of rotatable bonds is 5. The molecular formula is C15H19FN4O4. The standard InChI is InChI=1S/C15H19FN4O4/c1-19(2)13(14(17)22)15(23)18-11-4-3-9(7-10(11)16)20-5-6-24-8-12(20)21/h3-4,7,13H,5-6,8H2,1-2H3,(H2,17,22)(H,18,23)/t13-/m1/s1. The van der Waals surface area contributed by atoms with Crippen molar-refractivity contribution in [1.29, 1.82) is 0 Å². The van der Waals surface area contributed by atoms with Crippen molar-refractivity contribution in [2.45, 2.75) is 6.04 Å². The molecule has 0 radical (unpaired) electrons. The van der Waals surface area contributed by atoms with Crippen molar-refractivity contribution in [3.05, 3.63) is 24.0 Å². The number of carbonyl (C=O) groups excluding carboxylic acids is 3. The van der Waals surface area contributed by atoms with Gasteiger partial charge in [0.25, 0.3) is 11.8 Å². The number of hydrogen-bond acceptors (Lipinski definition) is 5. The molecule has 130 valence electrons. The Bertz CT molecular complexity index is 665. The zero-order valence-corrected chi connectivity index (χ0v) is 13.4. The summed E-state index contributed by atoms with van der Waals surface area (Å²) >= 11 is 0. The molecule has 1 aliphatic heterocycles. The maximum absolute atomic E-state index is 14.2. The summed E-state index contributed by atoms with van der Waals surface area (Å²) in [6.45, 7) is 0.645. The Morgan fingerprint density at radius 2 is 2.12 bits per heavy atom. The van der Waals surface area contributed by atoms with Crippen LogP contribution in [0.4, 0.5) is 15.8 Å². The topological polar surface area (TPSA) is 105 Å². The number of halogens is 1. The summed E-state index contributed by atoms with van der Waals surface area (Å²) in [5.41, 5.74) is 5.45. The minimum atomic E-state index is -1.22. The zero-order valence-electron chi connectivity index (χ0n) is 13.4. The molecule has 1 heterocycles. The van der Waals surface area contributed by atoms with Gasteiger partial charge in [-0.25, -0.2) is 4.39 Å². The Labute approximate surface area is 138 Å². The van der Waals surface area contributed by atoms with Crippen molar-refractivity contribution >= 4 is 29.1 Å². The molecule has 3 N–H and O–H groups in total. The van der Waals surface area contributed by atoms with Gasteiger partial charge in [0.1, 0.15) is 12.4 Å². The van der Waals surface area contributed by atoms with Crippen LogP contribution < -0.4 is 16.0 Å². The molecule has 1 aromatic carbocycles. The van der Waals surface area contributed by atoms with Gasteiger partial charge < -0.3 is 20.7 Å². The number of nitrogens with one attached hydrogen (secondary N) is 1. The van der Waals surface area contributed by atoms with Crippen LogP contribution in [0.5, 0.6) is 0 Å². The van der Waals surface area contributed by atoms with Gasteiger partial charge in [-0.2, -0.15) is 0 Å². The highest BCUT2D eigenvalue weighted by Crippen LogP contribution is 2.23. The Hall–Kier alpha value is -2.52. The zero-order chi connectivity index (χ0) is 17.9. The van der Waals surface area contributed by atoms with Crippen molar-refractivity contribution in [2.75, 3.05) is 44.1 Å². The third kappa shape index (κ3) is 3.87. The highest BCUT2D eigenvalue weighted by Gasteiger charge is 2.27. The first-order chi connectivity index (χ1) is 11.3. The van der Waals surface area contributed by atoms with Crippen LogP contribution in [0.25, 0.3) is 0 Å². The fraction of sp³-hybridized carbons (Fsp3) is 0.400. The number of morpholine rings is 1. The largest absolute Gasteiger partial charge is 0.370 e. The molecule has 1 saturated heterocycles. The summed E-state index contributed by atoms with van der Waals surface area (Å²) in [6.07, 6.45) is 0. The number of benzene rings is 1. The number of amides is 3. The van der Waals surface area contributed by atoms with E-state index in [4.69, 9.17) is 10.5 Å². The van der Waals surface area contributed by atoms with E-state index in [0.29, 0.717) is 18.8 Å². The van der Waals surface area contributed by atoms with E-state index in [9.17, 15) is 18.8 Å². The van der Waals surface area contributed by atoms with E-state index in [1.807, 2.05) is 0 Å². The molecule has 1 aromatic rings. The molecule has 0 aliphatic carbocycles. The number of nitrogens with zero attached hydrogens (tertiary/aromatic N) is 2. The van der Waals surface area contributed by atoms with E-state index in [0.717, 1.165) is 6.07 Å². The summed E-state index contributed by atoms with van der Waals surface area (Å²) in [5, 5.41) is 2.33. The van der Waals surface area contributed by atoms with Crippen molar-refractivity contribution in [3.63, 3.8) is 0 Å². The number of hydrogen-bond donors (Lipinski definition) is 2. The Morgan fingerprint density at radius 1 is 1.42 bits per heavy atom. The molecule has 0 aromatic heterocycles. The molecule has 2 rings (SSSR count). The monoisotopic (exact) mass is 338 g/mol. The summed E-state index contributed by atoms with van der Waals surface area (Å²) in [5.74, 6) is -2.56. The van der Waals surface area contributed by atoms with Crippen LogP contribution >= 0.6 is 0 Å². The number of primary amides is 1. The average molecular weight is 338 g/mol. The minimum absolute atomic E-state index is 0.0523. The molecule has 24 heavy (non-hydrogen) atoms. The molecule has 0 saturated carbocycles. The SMILES string of the molecule is CN(C)[C@H](C(N)=O)C(=O)Nc1ccc(N2CCOCC2=O)cc1F. The fourth-order valence-corrected chi connectivity index (χ4v) is 2.38. The number of ether oxygens (including phenoxy) is 1. The van der Waals surface area contributed by atoms with Crippen molar-refractivity contribution in [1.82, 2.24) is 4.90 Å². The van der Waals surface area contributed by atoms with Crippen LogP contribution in [0.15, 0.2) is 18.2 Å². The Kier molecular flexibility index (Phi) is 5.47. The first kappa shape index (κ1) is 17.8. The smallest absolute Gasteiger partial charge is 0.253 e. The summed E-state index contributed by atoms with van der Waals surface area (Å²) in [6, 6.07) is 2.77. The number of carbonyl (C=O) groups is 3. The van der Waals surface area contributed by atoms with Crippen LogP contribution in [-0.2, 0) is 19.1 Å². The van der Waals surface area contributed by atoms with Gasteiger partial charge in [0, 0.05) is 12.2 Å². The van der Waals surface area contributed by atoms with E-state index < -0.39 is 23.7 Å². The van der Waals surface area contributed by atoms with Gasteiger partial charge in [-0.15, -0.1) is 0 Å². The Balaban J connectivity index is 2.16. The lowest BCUT2D eigenvalue weighted by atomic mass is 10.2.